The largest absolute Gasteiger partial charge is 0.475 e. The Hall–Kier alpha value is -1.49. The average molecular weight is 336 g/mol. The minimum atomic E-state index is -3.76. The van der Waals surface area contributed by atoms with Crippen molar-refractivity contribution in [3.05, 3.63) is 71.8 Å². The molecule has 1 N–H and O–H groups in total. The molecule has 0 aromatic heterocycles. The molecule has 2 aromatic rings. The fourth-order valence-corrected chi connectivity index (χ4v) is 3.00. The summed E-state index contributed by atoms with van der Waals surface area (Å²) in [6, 6.07) is 18.7. The van der Waals surface area contributed by atoms with Crippen LogP contribution >= 0.6 is 7.82 Å². The molecule has 0 radical (unpaired) electrons. The normalized spacial score (nSPS) is 13.0. The molecule has 0 saturated carbocycles. The van der Waals surface area contributed by atoms with Crippen molar-refractivity contribution < 1.29 is 23.2 Å². The maximum absolute atomic E-state index is 12.7. The summed E-state index contributed by atoms with van der Waals surface area (Å²) in [5.74, 6) is 0. The zero-order valence-electron chi connectivity index (χ0n) is 13.0. The van der Waals surface area contributed by atoms with Gasteiger partial charge < -0.3 is 5.11 Å². The van der Waals surface area contributed by atoms with Crippen LogP contribution in [0.1, 0.15) is 18.1 Å². The Kier molecular flexibility index (Phi) is 6.96. The van der Waals surface area contributed by atoms with E-state index in [4.69, 9.17) is 13.6 Å². The smallest absolute Gasteiger partial charge is 0.391 e. The molecule has 0 aliphatic rings. The van der Waals surface area contributed by atoms with Gasteiger partial charge in [-0.1, -0.05) is 60.7 Å². The molecule has 0 aliphatic heterocycles. The number of benzene rings is 2. The number of aliphatic hydroxyl groups is 1. The Labute approximate surface area is 136 Å². The first-order valence-corrected chi connectivity index (χ1v) is 8.83. The molecule has 5 nitrogen and oxygen atoms in total. The molecule has 0 bridgehead atoms. The van der Waals surface area contributed by atoms with E-state index in [1.165, 1.54) is 0 Å². The van der Waals surface area contributed by atoms with Crippen LogP contribution in [-0.4, -0.2) is 17.8 Å². The summed E-state index contributed by atoms with van der Waals surface area (Å²) in [5, 5.41) is 9.33. The number of phosphoric ester groups is 1. The van der Waals surface area contributed by atoms with Crippen molar-refractivity contribution in [1.29, 1.82) is 0 Å². The monoisotopic (exact) mass is 336 g/mol. The van der Waals surface area contributed by atoms with Crippen molar-refractivity contribution in [2.24, 2.45) is 0 Å². The number of rotatable bonds is 9. The molecule has 0 saturated heterocycles. The molecule has 0 heterocycles. The highest BCUT2D eigenvalue weighted by molar-refractivity contribution is 7.48. The van der Waals surface area contributed by atoms with E-state index in [9.17, 15) is 9.67 Å². The standard InChI is InChI=1S/C17H21O5P/c1-15(18)12-20-23(19,21-13-16-8-4-2-5-9-16)22-14-17-10-6-3-7-11-17/h2-11,15,18H,12-14H2,1H3/t15-/m0/s1. The van der Waals surface area contributed by atoms with Gasteiger partial charge in [0.25, 0.3) is 0 Å². The lowest BCUT2D eigenvalue weighted by Crippen LogP contribution is -2.11. The van der Waals surface area contributed by atoms with Crippen molar-refractivity contribution in [2.75, 3.05) is 6.61 Å². The van der Waals surface area contributed by atoms with Crippen molar-refractivity contribution in [2.45, 2.75) is 26.2 Å². The summed E-state index contributed by atoms with van der Waals surface area (Å²) < 4.78 is 28.7. The van der Waals surface area contributed by atoms with Crippen LogP contribution in [-0.2, 0) is 31.4 Å². The van der Waals surface area contributed by atoms with E-state index in [1.807, 2.05) is 60.7 Å². The number of hydrogen-bond acceptors (Lipinski definition) is 5. The van der Waals surface area contributed by atoms with Crippen LogP contribution in [0, 0.1) is 0 Å². The second kappa shape index (κ2) is 8.96. The second-order valence-electron chi connectivity index (χ2n) is 5.11. The van der Waals surface area contributed by atoms with E-state index in [0.717, 1.165) is 11.1 Å². The van der Waals surface area contributed by atoms with Gasteiger partial charge in [0.2, 0.25) is 0 Å². The maximum Gasteiger partial charge on any atom is 0.475 e. The van der Waals surface area contributed by atoms with E-state index in [2.05, 4.69) is 0 Å². The Morgan fingerprint density at radius 3 is 1.70 bits per heavy atom. The Morgan fingerprint density at radius 1 is 0.870 bits per heavy atom. The molecule has 23 heavy (non-hydrogen) atoms. The molecule has 2 rings (SSSR count). The molecule has 0 amide bonds. The molecule has 0 fully saturated rings. The predicted molar refractivity (Wildman–Crippen MR) is 87.7 cm³/mol. The zero-order chi connectivity index (χ0) is 16.5. The molecular weight excluding hydrogens is 315 g/mol. The van der Waals surface area contributed by atoms with Gasteiger partial charge in [-0.05, 0) is 18.1 Å². The van der Waals surface area contributed by atoms with Gasteiger partial charge in [0.15, 0.2) is 0 Å². The number of aliphatic hydroxyl groups excluding tert-OH is 1. The molecule has 6 heteroatoms. The van der Waals surface area contributed by atoms with Crippen LogP contribution in [0.5, 0.6) is 0 Å². The number of hydrogen-bond donors (Lipinski definition) is 1. The lowest BCUT2D eigenvalue weighted by molar-refractivity contribution is 0.0612. The van der Waals surface area contributed by atoms with Crippen LogP contribution in [0.15, 0.2) is 60.7 Å². The minimum Gasteiger partial charge on any atom is -0.391 e. The van der Waals surface area contributed by atoms with Gasteiger partial charge in [-0.2, -0.15) is 0 Å². The van der Waals surface area contributed by atoms with E-state index in [1.54, 1.807) is 6.92 Å². The SMILES string of the molecule is C[C@H](O)COP(=O)(OCc1ccccc1)OCc1ccccc1. The zero-order valence-corrected chi connectivity index (χ0v) is 13.9. The molecule has 0 spiro atoms. The first kappa shape index (κ1) is 17.9. The van der Waals surface area contributed by atoms with Gasteiger partial charge in [0, 0.05) is 0 Å². The first-order chi connectivity index (χ1) is 11.1. The molecule has 1 atom stereocenters. The van der Waals surface area contributed by atoms with Crippen molar-refractivity contribution >= 4 is 7.82 Å². The molecule has 124 valence electrons. The summed E-state index contributed by atoms with van der Waals surface area (Å²) in [5.41, 5.74) is 1.72. The van der Waals surface area contributed by atoms with Gasteiger partial charge >= 0.3 is 7.82 Å². The highest BCUT2D eigenvalue weighted by Gasteiger charge is 2.27. The summed E-state index contributed by atoms with van der Waals surface area (Å²) in [6.45, 7) is 1.62. The lowest BCUT2D eigenvalue weighted by Gasteiger charge is -2.19. The Morgan fingerprint density at radius 2 is 1.30 bits per heavy atom. The van der Waals surface area contributed by atoms with Gasteiger partial charge in [-0.25, -0.2) is 4.57 Å². The van der Waals surface area contributed by atoms with Gasteiger partial charge in [-0.15, -0.1) is 0 Å². The molecule has 0 unspecified atom stereocenters. The van der Waals surface area contributed by atoms with Crippen molar-refractivity contribution in [3.8, 4) is 0 Å². The predicted octanol–water partition coefficient (Wildman–Crippen LogP) is 3.93. The van der Waals surface area contributed by atoms with Crippen LogP contribution in [0.2, 0.25) is 0 Å². The third kappa shape index (κ3) is 6.65. The fourth-order valence-electron chi connectivity index (χ4n) is 1.77. The third-order valence-electron chi connectivity index (χ3n) is 2.94. The Bertz CT molecular complexity index is 568. The highest BCUT2D eigenvalue weighted by Crippen LogP contribution is 2.51. The van der Waals surface area contributed by atoms with Crippen molar-refractivity contribution in [3.63, 3.8) is 0 Å². The third-order valence-corrected chi connectivity index (χ3v) is 4.29. The molecule has 0 aliphatic carbocycles. The topological polar surface area (TPSA) is 65.0 Å². The van der Waals surface area contributed by atoms with Gasteiger partial charge in [0.1, 0.15) is 0 Å². The summed E-state index contributed by atoms with van der Waals surface area (Å²) in [6.07, 6.45) is -0.760. The summed E-state index contributed by atoms with van der Waals surface area (Å²) in [7, 11) is -3.76. The van der Waals surface area contributed by atoms with Crippen LogP contribution in [0.25, 0.3) is 0 Å². The quantitative estimate of drug-likeness (QED) is 0.703. The lowest BCUT2D eigenvalue weighted by atomic mass is 10.2. The van der Waals surface area contributed by atoms with Crippen LogP contribution in [0.4, 0.5) is 0 Å². The van der Waals surface area contributed by atoms with Gasteiger partial charge in [0.05, 0.1) is 25.9 Å². The molecule has 2 aromatic carbocycles. The van der Waals surface area contributed by atoms with Gasteiger partial charge in [-0.3, -0.25) is 13.6 Å². The fraction of sp³-hybridized carbons (Fsp3) is 0.294. The van der Waals surface area contributed by atoms with Crippen LogP contribution < -0.4 is 0 Å². The van der Waals surface area contributed by atoms with E-state index < -0.39 is 13.9 Å². The van der Waals surface area contributed by atoms with E-state index in [-0.39, 0.29) is 19.8 Å². The molecular formula is C17H21O5P. The maximum atomic E-state index is 12.7. The first-order valence-electron chi connectivity index (χ1n) is 7.37. The minimum absolute atomic E-state index is 0.104. The van der Waals surface area contributed by atoms with Crippen molar-refractivity contribution in [1.82, 2.24) is 0 Å². The van der Waals surface area contributed by atoms with Crippen LogP contribution in [0.3, 0.4) is 0 Å². The highest BCUT2D eigenvalue weighted by atomic mass is 31.2. The Balaban J connectivity index is 1.97. The number of phosphoric acid groups is 1. The summed E-state index contributed by atoms with van der Waals surface area (Å²) in [4.78, 5) is 0. The summed E-state index contributed by atoms with van der Waals surface area (Å²) >= 11 is 0. The second-order valence-corrected chi connectivity index (χ2v) is 6.78. The average Bonchev–Trinajstić information content (AvgIpc) is 2.59. The van der Waals surface area contributed by atoms with E-state index in [0.29, 0.717) is 0 Å². The van der Waals surface area contributed by atoms with E-state index >= 15 is 0 Å².